The summed E-state index contributed by atoms with van der Waals surface area (Å²) in [5, 5.41) is 29.2. The highest BCUT2D eigenvalue weighted by Crippen LogP contribution is 2.21. The minimum absolute atomic E-state index is 0.171. The lowest BCUT2D eigenvalue weighted by atomic mass is 10.1. The number of benzene rings is 1. The summed E-state index contributed by atoms with van der Waals surface area (Å²) in [6, 6.07) is 9.06. The van der Waals surface area contributed by atoms with Crippen molar-refractivity contribution in [2.45, 2.75) is 6.10 Å². The quantitative estimate of drug-likeness (QED) is 0.549. The Kier molecular flexibility index (Phi) is 3.54. The molecule has 2 aromatic rings. The predicted octanol–water partition coefficient (Wildman–Crippen LogP) is 1.46. The molecule has 1 aromatic heterocycles. The molecule has 0 radical (unpaired) electrons. The smallest absolute Gasteiger partial charge is 0.366 e. The fourth-order valence-corrected chi connectivity index (χ4v) is 1.55. The van der Waals surface area contributed by atoms with E-state index in [4.69, 9.17) is 0 Å². The lowest BCUT2D eigenvalue weighted by Crippen LogP contribution is -2.12. The average molecular weight is 248 g/mol. The predicted molar refractivity (Wildman–Crippen MR) is 65.1 cm³/mol. The molecule has 0 saturated heterocycles. The van der Waals surface area contributed by atoms with Crippen molar-refractivity contribution in [3.63, 3.8) is 0 Å². The van der Waals surface area contributed by atoms with Crippen LogP contribution >= 0.6 is 0 Å². The highest BCUT2D eigenvalue weighted by molar-refractivity contribution is 5.55. The molecule has 0 saturated carbocycles. The van der Waals surface area contributed by atoms with Crippen LogP contribution in [0, 0.1) is 10.1 Å². The maximum atomic E-state index is 10.6. The minimum Gasteiger partial charge on any atom is -0.387 e. The first-order chi connectivity index (χ1) is 8.68. The molecular weight excluding hydrogens is 236 g/mol. The number of aliphatic hydroxyl groups is 1. The number of hydrogen-bond acceptors (Lipinski definition) is 5. The summed E-state index contributed by atoms with van der Waals surface area (Å²) < 4.78 is 0. The zero-order chi connectivity index (χ0) is 13.0. The van der Waals surface area contributed by atoms with Crippen LogP contribution in [0.3, 0.4) is 0 Å². The van der Waals surface area contributed by atoms with Gasteiger partial charge in [0.25, 0.3) is 0 Å². The molecule has 7 heteroatoms. The topological polar surface area (TPSA) is 104 Å². The normalized spacial score (nSPS) is 12.1. The molecule has 0 spiro atoms. The molecule has 1 aromatic carbocycles. The van der Waals surface area contributed by atoms with Crippen LogP contribution < -0.4 is 5.32 Å². The number of aliphatic hydroxyl groups excluding tert-OH is 1. The van der Waals surface area contributed by atoms with Crippen molar-refractivity contribution in [3.8, 4) is 0 Å². The highest BCUT2D eigenvalue weighted by Gasteiger charge is 2.15. The number of hydrogen-bond donors (Lipinski definition) is 3. The number of aromatic amines is 1. The van der Waals surface area contributed by atoms with Crippen LogP contribution in [0.4, 0.5) is 11.5 Å². The van der Waals surface area contributed by atoms with Crippen molar-refractivity contribution < 1.29 is 10.0 Å². The minimum atomic E-state index is -0.735. The summed E-state index contributed by atoms with van der Waals surface area (Å²) in [6.45, 7) is 0.171. The number of H-pyrrole nitrogens is 1. The summed E-state index contributed by atoms with van der Waals surface area (Å²) in [5.74, 6) is -0.213. The van der Waals surface area contributed by atoms with Gasteiger partial charge >= 0.3 is 5.82 Å². The number of aromatic nitrogens is 2. The van der Waals surface area contributed by atoms with Crippen molar-refractivity contribution in [3.05, 3.63) is 52.2 Å². The zero-order valence-electron chi connectivity index (χ0n) is 9.41. The molecule has 0 bridgehead atoms. The molecule has 7 nitrogen and oxygen atoms in total. The summed E-state index contributed by atoms with van der Waals surface area (Å²) in [5.41, 5.74) is 1.01. The third-order valence-electron chi connectivity index (χ3n) is 2.47. The van der Waals surface area contributed by atoms with E-state index in [0.717, 1.165) is 5.56 Å². The molecule has 94 valence electrons. The Morgan fingerprint density at radius 3 is 2.83 bits per heavy atom. The highest BCUT2D eigenvalue weighted by atomic mass is 16.6. The molecule has 0 aliphatic carbocycles. The maximum Gasteiger partial charge on any atom is 0.366 e. The number of anilines is 1. The fraction of sp³-hybridized carbons (Fsp3) is 0.182. The fourth-order valence-electron chi connectivity index (χ4n) is 1.55. The molecule has 1 unspecified atom stereocenters. The van der Waals surface area contributed by atoms with E-state index in [1.165, 1.54) is 6.20 Å². The molecule has 0 aliphatic heterocycles. The van der Waals surface area contributed by atoms with Crippen LogP contribution in [-0.4, -0.2) is 26.8 Å². The van der Waals surface area contributed by atoms with Gasteiger partial charge in [0.05, 0.1) is 6.10 Å². The van der Waals surface area contributed by atoms with Crippen molar-refractivity contribution in [1.29, 1.82) is 0 Å². The van der Waals surface area contributed by atoms with E-state index in [-0.39, 0.29) is 18.1 Å². The molecule has 0 fully saturated rings. The first-order valence-electron chi connectivity index (χ1n) is 5.33. The van der Waals surface area contributed by atoms with Gasteiger partial charge in [-0.25, -0.2) is 0 Å². The summed E-state index contributed by atoms with van der Waals surface area (Å²) in [4.78, 5) is 10.1. The van der Waals surface area contributed by atoms with Crippen LogP contribution in [0.25, 0.3) is 0 Å². The van der Waals surface area contributed by atoms with E-state index in [1.807, 2.05) is 18.2 Å². The van der Waals surface area contributed by atoms with Gasteiger partial charge in [-0.1, -0.05) is 35.4 Å². The third-order valence-corrected chi connectivity index (χ3v) is 2.47. The van der Waals surface area contributed by atoms with E-state index in [1.54, 1.807) is 12.1 Å². The van der Waals surface area contributed by atoms with Crippen molar-refractivity contribution in [1.82, 2.24) is 10.2 Å². The molecule has 1 atom stereocenters. The second kappa shape index (κ2) is 5.28. The molecule has 0 amide bonds. The second-order valence-electron chi connectivity index (χ2n) is 3.70. The zero-order valence-corrected chi connectivity index (χ0v) is 9.41. The number of nitrogens with zero attached hydrogens (tertiary/aromatic N) is 2. The van der Waals surface area contributed by atoms with E-state index >= 15 is 0 Å². The molecule has 18 heavy (non-hydrogen) atoms. The Balaban J connectivity index is 1.99. The van der Waals surface area contributed by atoms with E-state index in [2.05, 4.69) is 15.5 Å². The Morgan fingerprint density at radius 2 is 2.17 bits per heavy atom. The van der Waals surface area contributed by atoms with Gasteiger partial charge in [-0.05, 0) is 10.5 Å². The lowest BCUT2D eigenvalue weighted by Gasteiger charge is -2.11. The molecular formula is C11H12N4O3. The molecule has 1 heterocycles. The van der Waals surface area contributed by atoms with E-state index in [0.29, 0.717) is 0 Å². The Morgan fingerprint density at radius 1 is 1.44 bits per heavy atom. The van der Waals surface area contributed by atoms with Gasteiger partial charge in [-0.15, -0.1) is 5.10 Å². The van der Waals surface area contributed by atoms with Crippen LogP contribution in [-0.2, 0) is 0 Å². The second-order valence-corrected chi connectivity index (χ2v) is 3.70. The maximum absolute atomic E-state index is 10.6. The molecule has 2 rings (SSSR count). The Labute approximate surface area is 103 Å². The van der Waals surface area contributed by atoms with Crippen LogP contribution in [0.5, 0.6) is 0 Å². The number of nitro groups is 1. The van der Waals surface area contributed by atoms with Crippen LogP contribution in [0.2, 0.25) is 0 Å². The largest absolute Gasteiger partial charge is 0.387 e. The van der Waals surface area contributed by atoms with Crippen LogP contribution in [0.15, 0.2) is 36.5 Å². The van der Waals surface area contributed by atoms with E-state index in [9.17, 15) is 15.2 Å². The number of nitrogens with one attached hydrogen (secondary N) is 2. The summed E-state index contributed by atoms with van der Waals surface area (Å²) in [7, 11) is 0. The first-order valence-corrected chi connectivity index (χ1v) is 5.33. The average Bonchev–Trinajstić information content (AvgIpc) is 2.85. The van der Waals surface area contributed by atoms with Gasteiger partial charge in [-0.3, -0.25) is 0 Å². The summed E-state index contributed by atoms with van der Waals surface area (Å²) >= 11 is 0. The lowest BCUT2D eigenvalue weighted by molar-refractivity contribution is -0.388. The molecule has 3 N–H and O–H groups in total. The van der Waals surface area contributed by atoms with Gasteiger partial charge in [0, 0.05) is 6.54 Å². The van der Waals surface area contributed by atoms with Gasteiger partial charge in [0.2, 0.25) is 0 Å². The van der Waals surface area contributed by atoms with Crippen molar-refractivity contribution in [2.24, 2.45) is 0 Å². The van der Waals surface area contributed by atoms with Gasteiger partial charge in [0.1, 0.15) is 6.20 Å². The Hall–Kier alpha value is -2.41. The SMILES string of the molecule is O=[N+]([O-])c1[nH]ncc1NCC(O)c1ccccc1. The molecule has 0 aliphatic rings. The standard InChI is InChI=1S/C11H12N4O3/c16-10(8-4-2-1-3-5-8)7-12-9-6-13-14-11(9)15(17)18/h1-6,10,12,16H,7H2,(H,13,14). The van der Waals surface area contributed by atoms with Crippen molar-refractivity contribution in [2.75, 3.05) is 11.9 Å². The van der Waals surface area contributed by atoms with Crippen LogP contribution in [0.1, 0.15) is 11.7 Å². The van der Waals surface area contributed by atoms with Crippen molar-refractivity contribution >= 4 is 11.5 Å². The monoisotopic (exact) mass is 248 g/mol. The van der Waals surface area contributed by atoms with E-state index < -0.39 is 11.0 Å². The van der Waals surface area contributed by atoms with Gasteiger partial charge in [0.15, 0.2) is 5.69 Å². The van der Waals surface area contributed by atoms with Gasteiger partial charge in [-0.2, -0.15) is 0 Å². The Bertz CT molecular complexity index is 526. The summed E-state index contributed by atoms with van der Waals surface area (Å²) in [6.07, 6.45) is 0.580. The van der Waals surface area contributed by atoms with Gasteiger partial charge < -0.3 is 20.5 Å². The number of rotatable bonds is 5. The first kappa shape index (κ1) is 12.1. The third kappa shape index (κ3) is 2.64.